The van der Waals surface area contributed by atoms with Crippen LogP contribution in [0.5, 0.6) is 11.5 Å². The summed E-state index contributed by atoms with van der Waals surface area (Å²) in [4.78, 5) is 23.8. The first kappa shape index (κ1) is 20.0. The van der Waals surface area contributed by atoms with Gasteiger partial charge >= 0.3 is 0 Å². The Morgan fingerprint density at radius 1 is 1.11 bits per heavy atom. The zero-order chi connectivity index (χ0) is 19.8. The van der Waals surface area contributed by atoms with Gasteiger partial charge in [0.05, 0.1) is 13.3 Å². The van der Waals surface area contributed by atoms with Crippen molar-refractivity contribution in [3.63, 3.8) is 0 Å². The van der Waals surface area contributed by atoms with Crippen LogP contribution in [0.4, 0.5) is 5.69 Å². The number of methoxy groups -OCH3 is 1. The second-order valence-corrected chi connectivity index (χ2v) is 6.09. The maximum Gasteiger partial charge on any atom is 0.240 e. The van der Waals surface area contributed by atoms with E-state index >= 15 is 0 Å². The Balaban J connectivity index is 1.78. The average molecular weight is 369 g/mol. The summed E-state index contributed by atoms with van der Waals surface area (Å²) < 4.78 is 4.95. The number of hydrogen-bond donors (Lipinski definition) is 3. The summed E-state index contributed by atoms with van der Waals surface area (Å²) >= 11 is 0. The molecule has 0 atom stereocenters. The molecule has 2 rings (SSSR count). The third kappa shape index (κ3) is 6.14. The second-order valence-electron chi connectivity index (χ2n) is 6.09. The van der Waals surface area contributed by atoms with Crippen LogP contribution < -0.4 is 15.5 Å². The molecule has 7 nitrogen and oxygen atoms in total. The van der Waals surface area contributed by atoms with Gasteiger partial charge in [-0.2, -0.15) is 5.10 Å². The Morgan fingerprint density at radius 2 is 1.85 bits per heavy atom. The number of nitrogens with one attached hydrogen (secondary N) is 2. The minimum Gasteiger partial charge on any atom is -0.504 e. The van der Waals surface area contributed by atoms with E-state index < -0.39 is 0 Å². The standard InChI is InChI=1S/C20H23N3O4/c1-13-4-6-16(14(2)10-13)22-19(25)8-9-20(26)23-21-12-15-5-7-18(27-3)17(24)11-15/h4-7,10-12,24H,8-9H2,1-3H3,(H,22,25)(H,23,26)/b21-12+. The topological polar surface area (TPSA) is 100 Å². The summed E-state index contributed by atoms with van der Waals surface area (Å²) in [7, 11) is 1.46. The Morgan fingerprint density at radius 3 is 2.52 bits per heavy atom. The average Bonchev–Trinajstić information content (AvgIpc) is 2.62. The molecule has 0 heterocycles. The summed E-state index contributed by atoms with van der Waals surface area (Å²) in [6, 6.07) is 10.5. The van der Waals surface area contributed by atoms with Crippen LogP contribution in [0.3, 0.4) is 0 Å². The monoisotopic (exact) mass is 369 g/mol. The van der Waals surface area contributed by atoms with Gasteiger partial charge in [0.1, 0.15) is 0 Å². The van der Waals surface area contributed by atoms with Crippen LogP contribution in [0, 0.1) is 13.8 Å². The minimum atomic E-state index is -0.375. The van der Waals surface area contributed by atoms with Crippen molar-refractivity contribution in [3.8, 4) is 11.5 Å². The van der Waals surface area contributed by atoms with Crippen molar-refractivity contribution in [1.82, 2.24) is 5.43 Å². The van der Waals surface area contributed by atoms with E-state index in [0.29, 0.717) is 11.3 Å². The Kier molecular flexibility index (Phi) is 6.93. The highest BCUT2D eigenvalue weighted by atomic mass is 16.5. The normalized spacial score (nSPS) is 10.6. The predicted octanol–water partition coefficient (Wildman–Crippen LogP) is 2.89. The molecule has 0 aliphatic rings. The van der Waals surface area contributed by atoms with Gasteiger partial charge in [0, 0.05) is 18.5 Å². The molecule has 0 saturated heterocycles. The molecule has 0 bridgehead atoms. The van der Waals surface area contributed by atoms with Crippen molar-refractivity contribution in [3.05, 3.63) is 53.1 Å². The molecule has 0 aliphatic heterocycles. The van der Waals surface area contributed by atoms with E-state index in [9.17, 15) is 14.7 Å². The van der Waals surface area contributed by atoms with E-state index in [1.54, 1.807) is 12.1 Å². The fourth-order valence-electron chi connectivity index (χ4n) is 2.42. The maximum atomic E-state index is 12.0. The van der Waals surface area contributed by atoms with Crippen LogP contribution in [0.2, 0.25) is 0 Å². The molecule has 2 aromatic carbocycles. The number of aryl methyl sites for hydroxylation is 2. The molecule has 0 saturated carbocycles. The lowest BCUT2D eigenvalue weighted by molar-refractivity contribution is -0.124. The molecule has 0 fully saturated rings. The first-order chi connectivity index (χ1) is 12.9. The first-order valence-corrected chi connectivity index (χ1v) is 8.45. The highest BCUT2D eigenvalue weighted by molar-refractivity contribution is 5.94. The van der Waals surface area contributed by atoms with Gasteiger partial charge in [0.15, 0.2) is 11.5 Å². The zero-order valence-corrected chi connectivity index (χ0v) is 15.6. The molecule has 0 aromatic heterocycles. The predicted molar refractivity (Wildman–Crippen MR) is 104 cm³/mol. The molecule has 27 heavy (non-hydrogen) atoms. The number of phenolic OH excluding ortho intramolecular Hbond substituents is 1. The van der Waals surface area contributed by atoms with Crippen LogP contribution in [-0.2, 0) is 9.59 Å². The molecule has 0 radical (unpaired) electrons. The number of carbonyl (C=O) groups is 2. The van der Waals surface area contributed by atoms with Crippen molar-refractivity contribution in [1.29, 1.82) is 0 Å². The van der Waals surface area contributed by atoms with Gasteiger partial charge in [-0.15, -0.1) is 0 Å². The lowest BCUT2D eigenvalue weighted by Gasteiger charge is -2.08. The highest BCUT2D eigenvalue weighted by Crippen LogP contribution is 2.25. The number of hydrogen-bond acceptors (Lipinski definition) is 5. The number of rotatable bonds is 7. The van der Waals surface area contributed by atoms with Crippen molar-refractivity contribution in [2.45, 2.75) is 26.7 Å². The molecule has 3 N–H and O–H groups in total. The van der Waals surface area contributed by atoms with Gasteiger partial charge in [0.25, 0.3) is 0 Å². The molecule has 0 spiro atoms. The Hall–Kier alpha value is -3.35. The number of carbonyl (C=O) groups excluding carboxylic acids is 2. The van der Waals surface area contributed by atoms with Gasteiger partial charge in [-0.25, -0.2) is 5.43 Å². The molecule has 7 heteroatoms. The molecule has 142 valence electrons. The zero-order valence-electron chi connectivity index (χ0n) is 15.6. The van der Waals surface area contributed by atoms with Crippen molar-refractivity contribution < 1.29 is 19.4 Å². The fraction of sp³-hybridized carbons (Fsp3) is 0.250. The summed E-state index contributed by atoms with van der Waals surface area (Å²) in [6.45, 7) is 3.90. The second kappa shape index (κ2) is 9.38. The third-order valence-electron chi connectivity index (χ3n) is 3.84. The SMILES string of the molecule is COc1ccc(/C=N/NC(=O)CCC(=O)Nc2ccc(C)cc2C)cc1O. The van der Waals surface area contributed by atoms with Crippen molar-refractivity contribution in [2.75, 3.05) is 12.4 Å². The number of ether oxygens (including phenoxy) is 1. The summed E-state index contributed by atoms with van der Waals surface area (Å²) in [6.07, 6.45) is 1.47. The van der Waals surface area contributed by atoms with Gasteiger partial charge in [-0.1, -0.05) is 17.7 Å². The number of benzene rings is 2. The van der Waals surface area contributed by atoms with E-state index in [1.807, 2.05) is 32.0 Å². The summed E-state index contributed by atoms with van der Waals surface area (Å²) in [5, 5.41) is 16.3. The summed E-state index contributed by atoms with van der Waals surface area (Å²) in [5.41, 5.74) is 5.78. The summed E-state index contributed by atoms with van der Waals surface area (Å²) in [5.74, 6) is -0.275. The van der Waals surface area contributed by atoms with Crippen LogP contribution >= 0.6 is 0 Å². The van der Waals surface area contributed by atoms with Crippen molar-refractivity contribution in [2.24, 2.45) is 5.10 Å². The molecular formula is C20H23N3O4. The van der Waals surface area contributed by atoms with Gasteiger partial charge in [0.2, 0.25) is 11.8 Å². The van der Waals surface area contributed by atoms with E-state index in [1.165, 1.54) is 19.4 Å². The smallest absolute Gasteiger partial charge is 0.240 e. The van der Waals surface area contributed by atoms with E-state index in [2.05, 4.69) is 15.8 Å². The fourth-order valence-corrected chi connectivity index (χ4v) is 2.42. The lowest BCUT2D eigenvalue weighted by Crippen LogP contribution is -2.20. The maximum absolute atomic E-state index is 12.0. The number of aromatic hydroxyl groups is 1. The van der Waals surface area contributed by atoms with Gasteiger partial charge < -0.3 is 15.2 Å². The van der Waals surface area contributed by atoms with Gasteiger partial charge in [-0.05, 0) is 49.2 Å². The van der Waals surface area contributed by atoms with E-state index in [-0.39, 0.29) is 30.4 Å². The van der Waals surface area contributed by atoms with E-state index in [0.717, 1.165) is 16.8 Å². The number of amides is 2. The van der Waals surface area contributed by atoms with Crippen molar-refractivity contribution >= 4 is 23.7 Å². The Bertz CT molecular complexity index is 862. The quantitative estimate of drug-likeness (QED) is 0.516. The minimum absolute atomic E-state index is 0.0158. The third-order valence-corrected chi connectivity index (χ3v) is 3.84. The number of anilines is 1. The number of hydrazone groups is 1. The molecule has 2 amide bonds. The molecule has 2 aromatic rings. The van der Waals surface area contributed by atoms with Gasteiger partial charge in [-0.3, -0.25) is 9.59 Å². The van der Waals surface area contributed by atoms with Crippen LogP contribution in [0.1, 0.15) is 29.5 Å². The lowest BCUT2D eigenvalue weighted by atomic mass is 10.1. The van der Waals surface area contributed by atoms with Crippen LogP contribution in [0.15, 0.2) is 41.5 Å². The molecular weight excluding hydrogens is 346 g/mol. The number of nitrogens with zero attached hydrogens (tertiary/aromatic N) is 1. The first-order valence-electron chi connectivity index (χ1n) is 8.45. The highest BCUT2D eigenvalue weighted by Gasteiger charge is 2.08. The van der Waals surface area contributed by atoms with E-state index in [4.69, 9.17) is 4.74 Å². The number of phenols is 1. The Labute approximate surface area is 158 Å². The molecule has 0 unspecified atom stereocenters. The largest absolute Gasteiger partial charge is 0.504 e. The molecule has 0 aliphatic carbocycles. The van der Waals surface area contributed by atoms with Crippen LogP contribution in [-0.4, -0.2) is 30.2 Å². The van der Waals surface area contributed by atoms with Crippen LogP contribution in [0.25, 0.3) is 0 Å².